The summed E-state index contributed by atoms with van der Waals surface area (Å²) in [5, 5.41) is 7.60. The van der Waals surface area contributed by atoms with Crippen LogP contribution in [0.25, 0.3) is 0 Å². The van der Waals surface area contributed by atoms with E-state index in [9.17, 15) is 9.59 Å². The molecule has 5 heteroatoms. The lowest BCUT2D eigenvalue weighted by Gasteiger charge is -2.00. The van der Waals surface area contributed by atoms with E-state index in [4.69, 9.17) is 5.11 Å². The van der Waals surface area contributed by atoms with Gasteiger partial charge < -0.3 is 5.11 Å². The second-order valence-corrected chi connectivity index (χ2v) is 2.55. The third kappa shape index (κ3) is 8.44. The van der Waals surface area contributed by atoms with E-state index in [1.807, 2.05) is 6.07 Å². The number of carbonyl (C=O) groups is 2. The van der Waals surface area contributed by atoms with Crippen molar-refractivity contribution in [3.05, 3.63) is 55.6 Å². The van der Waals surface area contributed by atoms with Crippen molar-refractivity contribution in [2.24, 2.45) is 0 Å². The van der Waals surface area contributed by atoms with Crippen molar-refractivity contribution in [1.29, 1.82) is 0 Å². The minimum Gasteiger partial charge on any atom is -0.478 e. The zero-order chi connectivity index (χ0) is 13.1. The summed E-state index contributed by atoms with van der Waals surface area (Å²) in [6.45, 7) is 6.18. The second-order valence-electron chi connectivity index (χ2n) is 2.55. The van der Waals surface area contributed by atoms with Gasteiger partial charge >= 0.3 is 11.9 Å². The molecule has 0 radical (unpaired) electrons. The fraction of sp³-hybridized carbons (Fsp3) is 0. The number of rotatable bonds is 4. The van der Waals surface area contributed by atoms with Crippen molar-refractivity contribution in [3.63, 3.8) is 0 Å². The number of carbonyl (C=O) groups excluding carboxylic acids is 1. The van der Waals surface area contributed by atoms with Crippen molar-refractivity contribution >= 4 is 11.9 Å². The Morgan fingerprint density at radius 3 is 2.06 bits per heavy atom. The molecule has 0 atom stereocenters. The molecule has 90 valence electrons. The smallest absolute Gasteiger partial charge is 0.378 e. The Bertz CT molecular complexity index is 383. The van der Waals surface area contributed by atoms with Gasteiger partial charge in [-0.2, -0.15) is 0 Å². The molecular formula is C12H12O5. The molecule has 1 aromatic carbocycles. The van der Waals surface area contributed by atoms with E-state index in [0.29, 0.717) is 5.75 Å². The highest BCUT2D eigenvalue weighted by Crippen LogP contribution is 2.08. The van der Waals surface area contributed by atoms with Crippen LogP contribution >= 0.6 is 0 Å². The van der Waals surface area contributed by atoms with Crippen molar-refractivity contribution in [1.82, 2.24) is 0 Å². The molecule has 17 heavy (non-hydrogen) atoms. The largest absolute Gasteiger partial charge is 0.478 e. The summed E-state index contributed by atoms with van der Waals surface area (Å²) >= 11 is 0. The van der Waals surface area contributed by atoms with Gasteiger partial charge in [-0.3, -0.25) is 4.89 Å². The van der Waals surface area contributed by atoms with Crippen LogP contribution in [-0.4, -0.2) is 17.0 Å². The summed E-state index contributed by atoms with van der Waals surface area (Å²) in [6.07, 6.45) is 1.86. The second kappa shape index (κ2) is 8.72. The van der Waals surface area contributed by atoms with Gasteiger partial charge in [-0.25, -0.2) is 14.5 Å². The van der Waals surface area contributed by atoms with Crippen molar-refractivity contribution < 1.29 is 24.5 Å². The number of hydrogen-bond donors (Lipinski definition) is 1. The maximum absolute atomic E-state index is 10.5. The van der Waals surface area contributed by atoms with E-state index in [-0.39, 0.29) is 0 Å². The van der Waals surface area contributed by atoms with Crippen molar-refractivity contribution in [3.8, 4) is 5.75 Å². The van der Waals surface area contributed by atoms with Crippen LogP contribution in [0.15, 0.2) is 55.6 Å². The molecule has 0 aliphatic carbocycles. The Kier molecular flexibility index (Phi) is 7.41. The molecule has 0 heterocycles. The molecule has 0 amide bonds. The first-order valence-corrected chi connectivity index (χ1v) is 4.51. The quantitative estimate of drug-likeness (QED) is 0.491. The van der Waals surface area contributed by atoms with E-state index < -0.39 is 11.9 Å². The van der Waals surface area contributed by atoms with Crippen LogP contribution in [0, 0.1) is 0 Å². The van der Waals surface area contributed by atoms with Crippen LogP contribution < -0.4 is 4.89 Å². The van der Waals surface area contributed by atoms with Crippen LogP contribution in [0.1, 0.15) is 0 Å². The number of hydrogen-bond acceptors (Lipinski definition) is 4. The van der Waals surface area contributed by atoms with E-state index in [0.717, 1.165) is 12.2 Å². The maximum Gasteiger partial charge on any atom is 0.378 e. The van der Waals surface area contributed by atoms with Crippen LogP contribution in [0.3, 0.4) is 0 Å². The third-order valence-corrected chi connectivity index (χ3v) is 1.30. The average Bonchev–Trinajstić information content (AvgIpc) is 2.37. The highest BCUT2D eigenvalue weighted by Gasteiger charge is 1.97. The maximum atomic E-state index is 10.5. The third-order valence-electron chi connectivity index (χ3n) is 1.30. The molecule has 0 aromatic heterocycles. The molecule has 0 bridgehead atoms. The summed E-state index contributed by atoms with van der Waals surface area (Å²) in [5.74, 6) is -1.11. The Balaban J connectivity index is 0.000000437. The molecule has 0 spiro atoms. The Morgan fingerprint density at radius 1 is 1.12 bits per heavy atom. The molecule has 0 aliphatic rings. The summed E-state index contributed by atoms with van der Waals surface area (Å²) in [7, 11) is 0. The molecule has 5 nitrogen and oxygen atoms in total. The first-order chi connectivity index (χ1) is 8.10. The lowest BCUT2D eigenvalue weighted by atomic mass is 10.3. The first-order valence-electron chi connectivity index (χ1n) is 4.51. The summed E-state index contributed by atoms with van der Waals surface area (Å²) in [4.78, 5) is 28.7. The van der Waals surface area contributed by atoms with Crippen LogP contribution in [0.2, 0.25) is 0 Å². The van der Waals surface area contributed by atoms with Crippen LogP contribution in [0.4, 0.5) is 0 Å². The van der Waals surface area contributed by atoms with Gasteiger partial charge in [0, 0.05) is 12.2 Å². The highest BCUT2D eigenvalue weighted by molar-refractivity contribution is 5.80. The predicted octanol–water partition coefficient (Wildman–Crippen LogP) is 1.97. The SMILES string of the molecule is C=CC(=O)O.C=CC(=O)OOc1ccccc1. The minimum absolute atomic E-state index is 0.479. The van der Waals surface area contributed by atoms with Crippen LogP contribution in [0.5, 0.6) is 5.75 Å². The van der Waals surface area contributed by atoms with Gasteiger partial charge in [0.05, 0.1) is 0 Å². The van der Waals surface area contributed by atoms with E-state index in [2.05, 4.69) is 22.9 Å². The van der Waals surface area contributed by atoms with Gasteiger partial charge in [0.2, 0.25) is 0 Å². The van der Waals surface area contributed by atoms with Gasteiger partial charge in [-0.15, -0.1) is 0 Å². The van der Waals surface area contributed by atoms with Crippen LogP contribution in [-0.2, 0) is 14.5 Å². The number of para-hydroxylation sites is 1. The topological polar surface area (TPSA) is 72.8 Å². The molecular weight excluding hydrogens is 224 g/mol. The first kappa shape index (κ1) is 14.4. The Morgan fingerprint density at radius 2 is 1.65 bits per heavy atom. The lowest BCUT2D eigenvalue weighted by molar-refractivity contribution is -0.207. The minimum atomic E-state index is -0.981. The molecule has 0 unspecified atom stereocenters. The molecule has 0 saturated carbocycles. The Hall–Kier alpha value is -2.56. The molecule has 1 aromatic rings. The number of aliphatic carboxylic acids is 1. The van der Waals surface area contributed by atoms with Gasteiger partial charge in [0.25, 0.3) is 0 Å². The average molecular weight is 236 g/mol. The number of carboxylic acid groups (broad SMARTS) is 1. The summed E-state index contributed by atoms with van der Waals surface area (Å²) < 4.78 is 0. The number of carboxylic acids is 1. The van der Waals surface area contributed by atoms with Gasteiger partial charge in [-0.1, -0.05) is 31.4 Å². The van der Waals surface area contributed by atoms with Gasteiger partial charge in [0.1, 0.15) is 0 Å². The zero-order valence-electron chi connectivity index (χ0n) is 9.04. The molecule has 1 rings (SSSR count). The summed E-state index contributed by atoms with van der Waals surface area (Å²) in [6, 6.07) is 8.74. The summed E-state index contributed by atoms with van der Waals surface area (Å²) in [5.41, 5.74) is 0. The molecule has 0 fully saturated rings. The van der Waals surface area contributed by atoms with Gasteiger partial charge in [0.15, 0.2) is 5.75 Å². The highest BCUT2D eigenvalue weighted by atomic mass is 17.2. The van der Waals surface area contributed by atoms with Gasteiger partial charge in [-0.05, 0) is 12.1 Å². The van der Waals surface area contributed by atoms with E-state index in [1.54, 1.807) is 24.3 Å². The molecule has 0 saturated heterocycles. The monoisotopic (exact) mass is 236 g/mol. The van der Waals surface area contributed by atoms with E-state index >= 15 is 0 Å². The predicted molar refractivity (Wildman–Crippen MR) is 61.2 cm³/mol. The normalized spacial score (nSPS) is 8.00. The van der Waals surface area contributed by atoms with Crippen molar-refractivity contribution in [2.75, 3.05) is 0 Å². The standard InChI is InChI=1S/C9H8O3.C3H4O2/c1-2-9(10)12-11-8-6-4-3-5-7-8;1-2-3(4)5/h2-7H,1H2;2H,1H2,(H,4,5). The number of benzene rings is 1. The molecule has 0 aliphatic heterocycles. The molecule has 1 N–H and O–H groups in total. The fourth-order valence-corrected chi connectivity index (χ4v) is 0.599. The van der Waals surface area contributed by atoms with E-state index in [1.165, 1.54) is 0 Å². The lowest BCUT2D eigenvalue weighted by Crippen LogP contribution is -2.03. The van der Waals surface area contributed by atoms with Crippen molar-refractivity contribution in [2.45, 2.75) is 0 Å². The Labute approximate surface area is 98.5 Å². The zero-order valence-corrected chi connectivity index (χ0v) is 9.04. The fourth-order valence-electron chi connectivity index (χ4n) is 0.599.